The largest absolute Gasteiger partial charge is 0.289 e. The third-order valence-corrected chi connectivity index (χ3v) is 2.61. The Labute approximate surface area is 120 Å². The van der Waals surface area contributed by atoms with Gasteiger partial charge in [-0.1, -0.05) is 12.1 Å². The van der Waals surface area contributed by atoms with E-state index < -0.39 is 11.8 Å². The molecule has 0 aliphatic rings. The molecule has 1 heterocycles. The molecule has 6 nitrogen and oxygen atoms in total. The van der Waals surface area contributed by atoms with Gasteiger partial charge in [-0.15, -0.1) is 0 Å². The number of rotatable bonds is 3. The first-order valence-electron chi connectivity index (χ1n) is 6.17. The Hall–Kier alpha value is -2.83. The number of amides is 2. The van der Waals surface area contributed by atoms with Crippen molar-refractivity contribution in [2.24, 2.45) is 0 Å². The minimum atomic E-state index is -0.560. The molecule has 0 spiro atoms. The van der Waals surface area contributed by atoms with E-state index in [2.05, 4.69) is 20.8 Å². The average molecular weight is 288 g/mol. The standard InChI is InChI=1S/C14H13FN4O2/c1-9-7-17-12(8-16-9)14(21)19-18-13(20)6-10-2-4-11(15)5-3-10/h2-5,7-8H,6H2,1H3,(H,18,20)(H,19,21). The highest BCUT2D eigenvalue weighted by Crippen LogP contribution is 2.03. The predicted molar refractivity (Wildman–Crippen MR) is 72.5 cm³/mol. The number of halogens is 1. The van der Waals surface area contributed by atoms with Crippen molar-refractivity contribution < 1.29 is 14.0 Å². The maximum absolute atomic E-state index is 12.7. The summed E-state index contributed by atoms with van der Waals surface area (Å²) in [5.41, 5.74) is 5.92. The zero-order valence-electron chi connectivity index (χ0n) is 11.3. The third-order valence-electron chi connectivity index (χ3n) is 2.61. The van der Waals surface area contributed by atoms with Gasteiger partial charge in [0.1, 0.15) is 11.5 Å². The summed E-state index contributed by atoms with van der Waals surface area (Å²) < 4.78 is 12.7. The van der Waals surface area contributed by atoms with Gasteiger partial charge in [-0.3, -0.25) is 25.4 Å². The number of carbonyl (C=O) groups is 2. The molecule has 0 aliphatic carbocycles. The summed E-state index contributed by atoms with van der Waals surface area (Å²) >= 11 is 0. The predicted octanol–water partition coefficient (Wildman–Crippen LogP) is 0.928. The van der Waals surface area contributed by atoms with E-state index in [1.807, 2.05) is 0 Å². The summed E-state index contributed by atoms with van der Waals surface area (Å²) in [5.74, 6) is -1.35. The first-order chi connectivity index (χ1) is 10.0. The first kappa shape index (κ1) is 14.6. The zero-order chi connectivity index (χ0) is 15.2. The van der Waals surface area contributed by atoms with Gasteiger partial charge in [-0.2, -0.15) is 0 Å². The lowest BCUT2D eigenvalue weighted by Gasteiger charge is -2.07. The van der Waals surface area contributed by atoms with E-state index in [1.165, 1.54) is 36.7 Å². The van der Waals surface area contributed by atoms with Crippen LogP contribution in [0.2, 0.25) is 0 Å². The lowest BCUT2D eigenvalue weighted by atomic mass is 10.1. The quantitative estimate of drug-likeness (QED) is 0.823. The average Bonchev–Trinajstić information content (AvgIpc) is 2.48. The van der Waals surface area contributed by atoms with Crippen LogP contribution in [-0.2, 0) is 11.2 Å². The van der Waals surface area contributed by atoms with Crippen LogP contribution in [0.25, 0.3) is 0 Å². The molecule has 0 saturated heterocycles. The van der Waals surface area contributed by atoms with Gasteiger partial charge >= 0.3 is 0 Å². The molecule has 0 unspecified atom stereocenters. The van der Waals surface area contributed by atoms with E-state index >= 15 is 0 Å². The summed E-state index contributed by atoms with van der Waals surface area (Å²) in [6.45, 7) is 1.75. The maximum atomic E-state index is 12.7. The summed E-state index contributed by atoms with van der Waals surface area (Å²) in [7, 11) is 0. The molecule has 0 radical (unpaired) electrons. The Morgan fingerprint density at radius 1 is 1.10 bits per heavy atom. The van der Waals surface area contributed by atoms with Gasteiger partial charge in [-0.05, 0) is 24.6 Å². The second-order valence-corrected chi connectivity index (χ2v) is 4.35. The second-order valence-electron chi connectivity index (χ2n) is 4.35. The number of hydrogen-bond acceptors (Lipinski definition) is 4. The van der Waals surface area contributed by atoms with Gasteiger partial charge in [0.2, 0.25) is 5.91 Å². The summed E-state index contributed by atoms with van der Waals surface area (Å²) in [4.78, 5) is 31.1. The number of benzene rings is 1. The van der Waals surface area contributed by atoms with Crippen LogP contribution >= 0.6 is 0 Å². The van der Waals surface area contributed by atoms with Crippen molar-refractivity contribution in [2.45, 2.75) is 13.3 Å². The van der Waals surface area contributed by atoms with Crippen molar-refractivity contribution in [1.82, 2.24) is 20.8 Å². The lowest BCUT2D eigenvalue weighted by molar-refractivity contribution is -0.121. The Bertz CT molecular complexity index is 641. The highest BCUT2D eigenvalue weighted by molar-refractivity contribution is 5.93. The molecule has 108 valence electrons. The van der Waals surface area contributed by atoms with E-state index in [1.54, 1.807) is 6.92 Å². The van der Waals surface area contributed by atoms with Crippen LogP contribution in [0.3, 0.4) is 0 Å². The van der Waals surface area contributed by atoms with Crippen molar-refractivity contribution in [1.29, 1.82) is 0 Å². The maximum Gasteiger partial charge on any atom is 0.289 e. The highest BCUT2D eigenvalue weighted by atomic mass is 19.1. The van der Waals surface area contributed by atoms with Gasteiger partial charge in [-0.25, -0.2) is 9.37 Å². The van der Waals surface area contributed by atoms with E-state index in [4.69, 9.17) is 0 Å². The van der Waals surface area contributed by atoms with Gasteiger partial charge in [0.05, 0.1) is 18.3 Å². The first-order valence-corrected chi connectivity index (χ1v) is 6.17. The fourth-order valence-corrected chi connectivity index (χ4v) is 1.53. The van der Waals surface area contributed by atoms with Crippen LogP contribution in [0.15, 0.2) is 36.7 Å². The zero-order valence-corrected chi connectivity index (χ0v) is 11.3. The molecule has 0 aliphatic heterocycles. The minimum Gasteiger partial charge on any atom is -0.273 e. The van der Waals surface area contributed by atoms with Crippen LogP contribution in [-0.4, -0.2) is 21.8 Å². The van der Waals surface area contributed by atoms with E-state index in [0.29, 0.717) is 11.3 Å². The van der Waals surface area contributed by atoms with Crippen LogP contribution in [0.5, 0.6) is 0 Å². The van der Waals surface area contributed by atoms with Crippen molar-refractivity contribution in [3.8, 4) is 0 Å². The molecule has 2 rings (SSSR count). The number of aryl methyl sites for hydroxylation is 1. The smallest absolute Gasteiger partial charge is 0.273 e. The second kappa shape index (κ2) is 6.56. The number of carbonyl (C=O) groups excluding carboxylic acids is 2. The molecule has 1 aromatic heterocycles. The minimum absolute atomic E-state index is 0.0279. The Balaban J connectivity index is 1.84. The third kappa shape index (κ3) is 4.34. The molecular weight excluding hydrogens is 275 g/mol. The van der Waals surface area contributed by atoms with Crippen LogP contribution < -0.4 is 10.9 Å². The molecular formula is C14H13FN4O2. The fourth-order valence-electron chi connectivity index (χ4n) is 1.53. The number of aromatic nitrogens is 2. The Kier molecular flexibility index (Phi) is 4.55. The number of nitrogens with zero attached hydrogens (tertiary/aromatic N) is 2. The molecule has 0 saturated carbocycles. The van der Waals surface area contributed by atoms with Crippen molar-refractivity contribution in [3.05, 3.63) is 59.4 Å². The Morgan fingerprint density at radius 3 is 2.43 bits per heavy atom. The molecule has 21 heavy (non-hydrogen) atoms. The number of hydrazine groups is 1. The van der Waals surface area contributed by atoms with Gasteiger partial charge < -0.3 is 0 Å². The molecule has 7 heteroatoms. The Morgan fingerprint density at radius 2 is 1.81 bits per heavy atom. The van der Waals surface area contributed by atoms with Gasteiger partial charge in [0, 0.05) is 6.20 Å². The lowest BCUT2D eigenvalue weighted by Crippen LogP contribution is -2.42. The van der Waals surface area contributed by atoms with E-state index in [-0.39, 0.29) is 17.9 Å². The SMILES string of the molecule is Cc1cnc(C(=O)NNC(=O)Cc2ccc(F)cc2)cn1. The summed E-state index contributed by atoms with van der Waals surface area (Å²) in [6.07, 6.45) is 2.80. The van der Waals surface area contributed by atoms with Crippen molar-refractivity contribution in [2.75, 3.05) is 0 Å². The van der Waals surface area contributed by atoms with E-state index in [9.17, 15) is 14.0 Å². The molecule has 2 amide bonds. The molecule has 2 aromatic rings. The molecule has 2 N–H and O–H groups in total. The molecule has 0 fully saturated rings. The van der Waals surface area contributed by atoms with E-state index in [0.717, 1.165) is 0 Å². The molecule has 0 bridgehead atoms. The van der Waals surface area contributed by atoms with Crippen LogP contribution in [0.4, 0.5) is 4.39 Å². The van der Waals surface area contributed by atoms with Gasteiger partial charge in [0.25, 0.3) is 5.91 Å². The normalized spacial score (nSPS) is 10.0. The fraction of sp³-hybridized carbons (Fsp3) is 0.143. The van der Waals surface area contributed by atoms with Crippen LogP contribution in [0.1, 0.15) is 21.7 Å². The van der Waals surface area contributed by atoms with Gasteiger partial charge in [0.15, 0.2) is 0 Å². The summed E-state index contributed by atoms with van der Waals surface area (Å²) in [6, 6.07) is 5.54. The monoisotopic (exact) mass is 288 g/mol. The van der Waals surface area contributed by atoms with Crippen molar-refractivity contribution in [3.63, 3.8) is 0 Å². The highest BCUT2D eigenvalue weighted by Gasteiger charge is 2.09. The molecule has 1 aromatic carbocycles. The molecule has 0 atom stereocenters. The topological polar surface area (TPSA) is 84.0 Å². The number of nitrogens with one attached hydrogen (secondary N) is 2. The van der Waals surface area contributed by atoms with Crippen LogP contribution in [0, 0.1) is 12.7 Å². The van der Waals surface area contributed by atoms with Crippen molar-refractivity contribution >= 4 is 11.8 Å². The summed E-state index contributed by atoms with van der Waals surface area (Å²) in [5, 5.41) is 0. The number of hydrogen-bond donors (Lipinski definition) is 2.